The van der Waals surface area contributed by atoms with Gasteiger partial charge in [0.05, 0.1) is 35.2 Å². The number of hydrogen-bond donors (Lipinski definition) is 1. The number of nitrogens with zero attached hydrogens (tertiary/aromatic N) is 2. The van der Waals surface area contributed by atoms with Gasteiger partial charge in [0.1, 0.15) is 0 Å². The van der Waals surface area contributed by atoms with Gasteiger partial charge in [0.2, 0.25) is 5.91 Å². The lowest BCUT2D eigenvalue weighted by molar-refractivity contribution is -0.151. The summed E-state index contributed by atoms with van der Waals surface area (Å²) in [6, 6.07) is 10.2. The smallest absolute Gasteiger partial charge is 0.309 e. The number of amides is 3. The van der Waals surface area contributed by atoms with Crippen LogP contribution in [0.25, 0.3) is 0 Å². The minimum Gasteiger partial charge on any atom is -0.466 e. The highest BCUT2D eigenvalue weighted by Gasteiger charge is 2.29. The van der Waals surface area contributed by atoms with E-state index in [1.807, 2.05) is 0 Å². The third-order valence-corrected chi connectivity index (χ3v) is 6.21. The van der Waals surface area contributed by atoms with Gasteiger partial charge in [-0.1, -0.05) is 18.2 Å². The SMILES string of the molecule is CCOC(=O)C1CCN(C(=O)CN(C)C(=O)c2ccccc2NC(=O)c2cccs2)CC1. The van der Waals surface area contributed by atoms with Crippen LogP contribution in [0.4, 0.5) is 5.69 Å². The van der Waals surface area contributed by atoms with Crippen molar-refractivity contribution in [1.29, 1.82) is 0 Å². The summed E-state index contributed by atoms with van der Waals surface area (Å²) in [6.45, 7) is 2.95. The summed E-state index contributed by atoms with van der Waals surface area (Å²) in [5, 5.41) is 4.58. The van der Waals surface area contributed by atoms with Gasteiger partial charge in [0.15, 0.2) is 0 Å². The number of ether oxygens (including phenoxy) is 1. The lowest BCUT2D eigenvalue weighted by Crippen LogP contribution is -2.45. The molecule has 1 saturated heterocycles. The number of benzene rings is 1. The molecule has 1 aliphatic heterocycles. The van der Waals surface area contributed by atoms with E-state index in [-0.39, 0.29) is 36.2 Å². The number of carbonyl (C=O) groups is 4. The lowest BCUT2D eigenvalue weighted by atomic mass is 9.97. The number of hydrogen-bond acceptors (Lipinski definition) is 6. The van der Waals surface area contributed by atoms with Crippen molar-refractivity contribution in [2.24, 2.45) is 5.92 Å². The molecule has 0 atom stereocenters. The molecule has 2 aromatic rings. The Morgan fingerprint density at radius 3 is 2.50 bits per heavy atom. The zero-order chi connectivity index (χ0) is 23.1. The Morgan fingerprint density at radius 2 is 1.84 bits per heavy atom. The van der Waals surface area contributed by atoms with Crippen LogP contribution < -0.4 is 5.32 Å². The zero-order valence-corrected chi connectivity index (χ0v) is 19.0. The minimum atomic E-state index is -0.359. The number of nitrogens with one attached hydrogen (secondary N) is 1. The van der Waals surface area contributed by atoms with Crippen molar-refractivity contribution < 1.29 is 23.9 Å². The largest absolute Gasteiger partial charge is 0.466 e. The van der Waals surface area contributed by atoms with E-state index in [4.69, 9.17) is 4.74 Å². The van der Waals surface area contributed by atoms with Gasteiger partial charge < -0.3 is 19.9 Å². The predicted molar refractivity (Wildman–Crippen MR) is 122 cm³/mol. The predicted octanol–water partition coefficient (Wildman–Crippen LogP) is 2.87. The highest BCUT2D eigenvalue weighted by Crippen LogP contribution is 2.21. The summed E-state index contributed by atoms with van der Waals surface area (Å²) in [6.07, 6.45) is 1.11. The quantitative estimate of drug-likeness (QED) is 0.645. The summed E-state index contributed by atoms with van der Waals surface area (Å²) in [5.74, 6) is -1.22. The van der Waals surface area contributed by atoms with E-state index in [0.29, 0.717) is 48.7 Å². The fourth-order valence-electron chi connectivity index (χ4n) is 3.58. The van der Waals surface area contributed by atoms with E-state index in [2.05, 4.69) is 5.32 Å². The maximum Gasteiger partial charge on any atom is 0.309 e. The first-order valence-electron chi connectivity index (χ1n) is 10.5. The van der Waals surface area contributed by atoms with Crippen LogP contribution >= 0.6 is 11.3 Å². The molecule has 32 heavy (non-hydrogen) atoms. The van der Waals surface area contributed by atoms with Gasteiger partial charge in [-0.15, -0.1) is 11.3 Å². The third-order valence-electron chi connectivity index (χ3n) is 5.34. The van der Waals surface area contributed by atoms with Crippen LogP contribution in [0.3, 0.4) is 0 Å². The molecule has 0 unspecified atom stereocenters. The maximum atomic E-state index is 13.0. The van der Waals surface area contributed by atoms with Gasteiger partial charge in [0.25, 0.3) is 11.8 Å². The van der Waals surface area contributed by atoms with Gasteiger partial charge in [-0.2, -0.15) is 0 Å². The van der Waals surface area contributed by atoms with E-state index in [1.54, 1.807) is 60.6 Å². The van der Waals surface area contributed by atoms with E-state index < -0.39 is 0 Å². The Bertz CT molecular complexity index is 968. The minimum absolute atomic E-state index is 0.0872. The summed E-state index contributed by atoms with van der Waals surface area (Å²) < 4.78 is 5.06. The Morgan fingerprint density at radius 1 is 1.12 bits per heavy atom. The molecule has 3 rings (SSSR count). The highest BCUT2D eigenvalue weighted by molar-refractivity contribution is 7.12. The average molecular weight is 458 g/mol. The molecule has 9 heteroatoms. The van der Waals surface area contributed by atoms with Crippen LogP contribution in [-0.4, -0.2) is 66.8 Å². The van der Waals surface area contributed by atoms with Crippen molar-refractivity contribution in [2.45, 2.75) is 19.8 Å². The monoisotopic (exact) mass is 457 g/mol. The number of rotatable bonds is 7. The second kappa shape index (κ2) is 10.9. The van der Waals surface area contributed by atoms with Crippen molar-refractivity contribution >= 4 is 40.7 Å². The van der Waals surface area contributed by atoms with Crippen LogP contribution in [0.15, 0.2) is 41.8 Å². The van der Waals surface area contributed by atoms with Gasteiger partial charge in [-0.3, -0.25) is 19.2 Å². The van der Waals surface area contributed by atoms with Crippen molar-refractivity contribution in [3.63, 3.8) is 0 Å². The molecule has 0 bridgehead atoms. The lowest BCUT2D eigenvalue weighted by Gasteiger charge is -2.32. The molecule has 1 fully saturated rings. The van der Waals surface area contributed by atoms with Gasteiger partial charge in [-0.25, -0.2) is 0 Å². The first-order chi connectivity index (χ1) is 15.4. The van der Waals surface area contributed by atoms with Gasteiger partial charge >= 0.3 is 5.97 Å². The number of piperidine rings is 1. The summed E-state index contributed by atoms with van der Waals surface area (Å²) >= 11 is 1.31. The first kappa shape index (κ1) is 23.5. The highest BCUT2D eigenvalue weighted by atomic mass is 32.1. The summed E-state index contributed by atoms with van der Waals surface area (Å²) in [7, 11) is 1.56. The second-order valence-corrected chi connectivity index (χ2v) is 8.49. The molecule has 1 aromatic heterocycles. The van der Waals surface area contributed by atoms with E-state index in [1.165, 1.54) is 16.2 Å². The molecule has 0 spiro atoms. The Hall–Kier alpha value is -3.20. The number of para-hydroxylation sites is 1. The van der Waals surface area contributed by atoms with Crippen LogP contribution in [0.5, 0.6) is 0 Å². The Balaban J connectivity index is 1.58. The molecule has 0 aliphatic carbocycles. The Labute approximate surface area is 191 Å². The number of esters is 1. The van der Waals surface area contributed by atoms with Crippen LogP contribution in [0, 0.1) is 5.92 Å². The van der Waals surface area contributed by atoms with E-state index >= 15 is 0 Å². The molecule has 8 nitrogen and oxygen atoms in total. The van der Waals surface area contributed by atoms with E-state index in [9.17, 15) is 19.2 Å². The molecule has 1 aromatic carbocycles. The normalized spacial score (nSPS) is 14.0. The third kappa shape index (κ3) is 5.73. The van der Waals surface area contributed by atoms with Crippen molar-refractivity contribution in [3.05, 3.63) is 52.2 Å². The van der Waals surface area contributed by atoms with Gasteiger partial charge in [0, 0.05) is 20.1 Å². The van der Waals surface area contributed by atoms with Gasteiger partial charge in [-0.05, 0) is 43.3 Å². The molecule has 0 saturated carbocycles. The Kier molecular flexibility index (Phi) is 7.99. The average Bonchev–Trinajstić information content (AvgIpc) is 3.34. The molecule has 3 amide bonds. The van der Waals surface area contributed by atoms with Crippen LogP contribution in [0.1, 0.15) is 39.8 Å². The number of likely N-dealkylation sites (tertiary alicyclic amines) is 1. The summed E-state index contributed by atoms with van der Waals surface area (Å²) in [5.41, 5.74) is 0.708. The van der Waals surface area contributed by atoms with Crippen molar-refractivity contribution in [3.8, 4) is 0 Å². The number of likely N-dealkylation sites (N-methyl/N-ethyl adjacent to an activating group) is 1. The fourth-order valence-corrected chi connectivity index (χ4v) is 4.19. The van der Waals surface area contributed by atoms with Crippen molar-refractivity contribution in [1.82, 2.24) is 9.80 Å². The topological polar surface area (TPSA) is 96.0 Å². The van der Waals surface area contributed by atoms with Crippen LogP contribution in [-0.2, 0) is 14.3 Å². The number of thiophene rings is 1. The number of anilines is 1. The molecule has 2 heterocycles. The zero-order valence-electron chi connectivity index (χ0n) is 18.2. The van der Waals surface area contributed by atoms with E-state index in [0.717, 1.165) is 0 Å². The van der Waals surface area contributed by atoms with Crippen molar-refractivity contribution in [2.75, 3.05) is 38.6 Å². The molecule has 1 aliphatic rings. The molecule has 0 radical (unpaired) electrons. The fraction of sp³-hybridized carbons (Fsp3) is 0.391. The second-order valence-electron chi connectivity index (χ2n) is 7.55. The molecule has 170 valence electrons. The number of carbonyl (C=O) groups excluding carboxylic acids is 4. The summed E-state index contributed by atoms with van der Waals surface area (Å²) in [4.78, 5) is 53.6. The standard InChI is InChI=1S/C23H27N3O5S/c1-3-31-23(30)16-10-12-26(13-11-16)20(27)15-25(2)22(29)17-7-4-5-8-18(17)24-21(28)19-9-6-14-32-19/h4-9,14,16H,3,10-13,15H2,1-2H3,(H,24,28). The van der Waals surface area contributed by atoms with Crippen LogP contribution in [0.2, 0.25) is 0 Å². The molecular weight excluding hydrogens is 430 g/mol. The first-order valence-corrected chi connectivity index (χ1v) is 11.4. The maximum absolute atomic E-state index is 13.0. The molecular formula is C23H27N3O5S. The molecule has 1 N–H and O–H groups in total.